The molecule has 0 atom stereocenters. The Balaban J connectivity index is 3.05. The third-order valence-electron chi connectivity index (χ3n) is 0.914. The van der Waals surface area contributed by atoms with E-state index in [4.69, 9.17) is 0 Å². The van der Waals surface area contributed by atoms with Crippen LogP contribution < -0.4 is 0 Å². The van der Waals surface area contributed by atoms with Crippen LogP contribution in [0.1, 0.15) is 11.3 Å². The molecule has 0 bridgehead atoms. The molecule has 1 rings (SSSR count). The van der Waals surface area contributed by atoms with Gasteiger partial charge in [0.2, 0.25) is 0 Å². The lowest BCUT2D eigenvalue weighted by Gasteiger charge is -1.91. The van der Waals surface area contributed by atoms with Crippen LogP contribution in [-0.2, 0) is 0 Å². The second-order valence-electron chi connectivity index (χ2n) is 1.56. The van der Waals surface area contributed by atoms with Crippen molar-refractivity contribution in [3.8, 4) is 0 Å². The summed E-state index contributed by atoms with van der Waals surface area (Å²) in [4.78, 5) is -0.508. The predicted molar refractivity (Wildman–Crippen MR) is 36.9 cm³/mol. The Morgan fingerprint density at radius 1 is 1.50 bits per heavy atom. The van der Waals surface area contributed by atoms with Crippen LogP contribution in [-0.4, -0.2) is 0 Å². The second-order valence-corrected chi connectivity index (χ2v) is 3.33. The molecule has 0 fully saturated rings. The van der Waals surface area contributed by atoms with Gasteiger partial charge in [-0.3, -0.25) is 0 Å². The summed E-state index contributed by atoms with van der Waals surface area (Å²) in [5.74, 6) is -0.847. The zero-order valence-corrected chi connectivity index (χ0v) is 6.98. The molecule has 1 heterocycles. The van der Waals surface area contributed by atoms with Gasteiger partial charge in [0.15, 0.2) is 5.82 Å². The molecule has 0 N–H and O–H groups in total. The first-order chi connectivity index (χ1) is 4.63. The van der Waals surface area contributed by atoms with Crippen molar-refractivity contribution < 1.29 is 13.2 Å². The topological polar surface area (TPSA) is 0 Å². The van der Waals surface area contributed by atoms with Crippen molar-refractivity contribution in [3.05, 3.63) is 20.5 Å². The van der Waals surface area contributed by atoms with E-state index in [1.54, 1.807) is 0 Å². The van der Waals surface area contributed by atoms with Gasteiger partial charge in [0.1, 0.15) is 4.88 Å². The van der Waals surface area contributed by atoms with E-state index in [1.807, 2.05) is 0 Å². The Kier molecular flexibility index (Phi) is 2.36. The lowest BCUT2D eigenvalue weighted by molar-refractivity contribution is 0.151. The van der Waals surface area contributed by atoms with Crippen LogP contribution >= 0.6 is 27.3 Å². The highest BCUT2D eigenvalue weighted by Gasteiger charge is 2.17. The molecule has 5 heteroatoms. The average molecular weight is 231 g/mol. The molecular weight excluding hydrogens is 229 g/mol. The molecule has 10 heavy (non-hydrogen) atoms. The van der Waals surface area contributed by atoms with Gasteiger partial charge in [-0.2, -0.15) is 0 Å². The number of hydrogen-bond donors (Lipinski definition) is 0. The molecule has 0 spiro atoms. The molecule has 56 valence electrons. The maximum atomic E-state index is 12.5. The van der Waals surface area contributed by atoms with E-state index >= 15 is 0 Å². The summed E-state index contributed by atoms with van der Waals surface area (Å²) >= 11 is 3.50. The van der Waals surface area contributed by atoms with Crippen LogP contribution in [0, 0.1) is 5.82 Å². The fourth-order valence-corrected chi connectivity index (χ4v) is 1.76. The Labute approximate surface area is 67.8 Å². The third kappa shape index (κ3) is 1.34. The zero-order valence-electron chi connectivity index (χ0n) is 4.57. The monoisotopic (exact) mass is 230 g/mol. The van der Waals surface area contributed by atoms with Gasteiger partial charge < -0.3 is 0 Å². The summed E-state index contributed by atoms with van der Waals surface area (Å²) in [6.07, 6.45) is -2.71. The Hall–Kier alpha value is -0.0300. The highest BCUT2D eigenvalue weighted by atomic mass is 79.9. The van der Waals surface area contributed by atoms with E-state index in [-0.39, 0.29) is 4.47 Å². The molecule has 0 amide bonds. The normalized spacial score (nSPS) is 10.9. The van der Waals surface area contributed by atoms with Gasteiger partial charge in [0.25, 0.3) is 6.43 Å². The molecule has 0 aliphatic carbocycles. The molecule has 1 aromatic heterocycles. The van der Waals surface area contributed by atoms with E-state index in [0.717, 1.165) is 0 Å². The summed E-state index contributed by atoms with van der Waals surface area (Å²) in [5, 5.41) is 1.30. The van der Waals surface area contributed by atoms with Crippen LogP contribution in [0.2, 0.25) is 0 Å². The van der Waals surface area contributed by atoms with Crippen molar-refractivity contribution >= 4 is 27.3 Å². The number of hydrogen-bond acceptors (Lipinski definition) is 1. The Morgan fingerprint density at radius 3 is 2.30 bits per heavy atom. The minimum atomic E-state index is -2.71. The molecular formula is C5H2BrF3S. The van der Waals surface area contributed by atoms with Crippen LogP contribution in [0.3, 0.4) is 0 Å². The highest BCUT2D eigenvalue weighted by molar-refractivity contribution is 9.10. The van der Waals surface area contributed by atoms with Crippen LogP contribution in [0.5, 0.6) is 0 Å². The molecule has 0 saturated heterocycles. The van der Waals surface area contributed by atoms with Crippen molar-refractivity contribution in [2.75, 3.05) is 0 Å². The van der Waals surface area contributed by atoms with Gasteiger partial charge in [0, 0.05) is 5.38 Å². The lowest BCUT2D eigenvalue weighted by atomic mass is 10.5. The number of alkyl halides is 2. The second kappa shape index (κ2) is 2.92. The molecule has 1 aromatic rings. The lowest BCUT2D eigenvalue weighted by Crippen LogP contribution is -1.81. The molecule has 0 saturated carbocycles. The first-order valence-corrected chi connectivity index (χ1v) is 4.00. The predicted octanol–water partition coefficient (Wildman–Crippen LogP) is 3.59. The van der Waals surface area contributed by atoms with E-state index in [2.05, 4.69) is 15.9 Å². The minimum Gasteiger partial charge on any atom is -0.204 e. The standard InChI is InChI=1S/C5H2BrF3S/c6-2-1-10-4(3(2)7)5(8)9/h1,5H. The number of thiophene rings is 1. The molecule has 0 aromatic carbocycles. The quantitative estimate of drug-likeness (QED) is 0.692. The summed E-state index contributed by atoms with van der Waals surface area (Å²) in [5.41, 5.74) is 0. The van der Waals surface area contributed by atoms with Gasteiger partial charge in [0.05, 0.1) is 4.47 Å². The van der Waals surface area contributed by atoms with Crippen molar-refractivity contribution in [1.82, 2.24) is 0 Å². The maximum Gasteiger partial charge on any atom is 0.275 e. The van der Waals surface area contributed by atoms with Crippen LogP contribution in [0.4, 0.5) is 13.2 Å². The summed E-state index contributed by atoms with van der Waals surface area (Å²) in [6.45, 7) is 0. The SMILES string of the molecule is Fc1c(Br)csc1C(F)F. The Morgan fingerprint density at radius 2 is 2.10 bits per heavy atom. The van der Waals surface area contributed by atoms with Gasteiger partial charge >= 0.3 is 0 Å². The molecule has 0 nitrogen and oxygen atoms in total. The van der Waals surface area contributed by atoms with Gasteiger partial charge in [-0.05, 0) is 15.9 Å². The first-order valence-electron chi connectivity index (χ1n) is 2.33. The van der Waals surface area contributed by atoms with Crippen molar-refractivity contribution in [1.29, 1.82) is 0 Å². The molecule has 0 radical (unpaired) electrons. The largest absolute Gasteiger partial charge is 0.275 e. The summed E-state index contributed by atoms with van der Waals surface area (Å²) in [6, 6.07) is 0. The first kappa shape index (κ1) is 8.07. The maximum absolute atomic E-state index is 12.5. The van der Waals surface area contributed by atoms with Crippen molar-refractivity contribution in [2.45, 2.75) is 6.43 Å². The van der Waals surface area contributed by atoms with Gasteiger partial charge in [-0.15, -0.1) is 11.3 Å². The molecule has 0 aliphatic heterocycles. The van der Waals surface area contributed by atoms with E-state index < -0.39 is 17.1 Å². The summed E-state index contributed by atoms with van der Waals surface area (Å²) < 4.78 is 36.2. The number of rotatable bonds is 1. The third-order valence-corrected chi connectivity index (χ3v) is 2.76. The van der Waals surface area contributed by atoms with Gasteiger partial charge in [-0.1, -0.05) is 0 Å². The fraction of sp³-hybridized carbons (Fsp3) is 0.200. The van der Waals surface area contributed by atoms with Crippen LogP contribution in [0.25, 0.3) is 0 Å². The summed E-state index contributed by atoms with van der Waals surface area (Å²) in [7, 11) is 0. The van der Waals surface area contributed by atoms with E-state index in [0.29, 0.717) is 11.3 Å². The van der Waals surface area contributed by atoms with Crippen molar-refractivity contribution in [2.24, 2.45) is 0 Å². The average Bonchev–Trinajstić information content (AvgIpc) is 2.14. The van der Waals surface area contributed by atoms with Crippen molar-refractivity contribution in [3.63, 3.8) is 0 Å². The minimum absolute atomic E-state index is 0.104. The molecule has 0 unspecified atom stereocenters. The zero-order chi connectivity index (χ0) is 7.72. The fourth-order valence-electron chi connectivity index (χ4n) is 0.484. The Bertz CT molecular complexity index is 233. The van der Waals surface area contributed by atoms with E-state index in [1.165, 1.54) is 5.38 Å². The number of halogens is 4. The van der Waals surface area contributed by atoms with Gasteiger partial charge in [-0.25, -0.2) is 13.2 Å². The highest BCUT2D eigenvalue weighted by Crippen LogP contribution is 2.32. The van der Waals surface area contributed by atoms with Crippen LogP contribution in [0.15, 0.2) is 9.85 Å². The molecule has 0 aliphatic rings. The smallest absolute Gasteiger partial charge is 0.204 e. The van der Waals surface area contributed by atoms with E-state index in [9.17, 15) is 13.2 Å².